The van der Waals surface area contributed by atoms with E-state index >= 15 is 0 Å². The number of carbonyl (C=O) groups is 1. The van der Waals surface area contributed by atoms with Crippen LogP contribution >= 0.6 is 0 Å². The lowest BCUT2D eigenvalue weighted by atomic mass is 9.95. The number of benzene rings is 1. The van der Waals surface area contributed by atoms with Gasteiger partial charge >= 0.3 is 0 Å². The van der Waals surface area contributed by atoms with Gasteiger partial charge in [0, 0.05) is 6.04 Å². The number of nitrogens with one attached hydrogen (secondary N) is 1. The monoisotopic (exact) mass is 255 g/mol. The normalized spacial score (nSPS) is 16.6. The molecule has 0 atom stereocenters. The molecule has 0 heterocycles. The molecule has 1 aromatic carbocycles. The molecule has 1 fully saturated rings. The maximum atomic E-state index is 13.5. The van der Waals surface area contributed by atoms with Crippen LogP contribution in [0.5, 0.6) is 5.75 Å². The molecule has 1 aromatic rings. The van der Waals surface area contributed by atoms with Crippen LogP contribution in [0, 0.1) is 11.6 Å². The molecule has 1 aliphatic rings. The Kier molecular flexibility index (Phi) is 3.79. The highest BCUT2D eigenvalue weighted by atomic mass is 19.1. The van der Waals surface area contributed by atoms with Crippen LogP contribution in [-0.2, 0) is 0 Å². The number of phenolic OH excluding ortho intramolecular Hbond substituents is 1. The first kappa shape index (κ1) is 12.8. The fourth-order valence-corrected chi connectivity index (χ4v) is 2.25. The number of aromatic hydroxyl groups is 1. The van der Waals surface area contributed by atoms with Gasteiger partial charge in [-0.2, -0.15) is 0 Å². The van der Waals surface area contributed by atoms with Gasteiger partial charge in [-0.1, -0.05) is 19.3 Å². The van der Waals surface area contributed by atoms with E-state index < -0.39 is 28.9 Å². The molecule has 0 aliphatic heterocycles. The van der Waals surface area contributed by atoms with Gasteiger partial charge in [-0.3, -0.25) is 4.79 Å². The van der Waals surface area contributed by atoms with Gasteiger partial charge in [0.05, 0.1) is 0 Å². The van der Waals surface area contributed by atoms with Gasteiger partial charge in [-0.15, -0.1) is 0 Å². The number of carbonyl (C=O) groups excluding carboxylic acids is 1. The first-order valence-electron chi connectivity index (χ1n) is 6.07. The second kappa shape index (κ2) is 5.33. The van der Waals surface area contributed by atoms with Crippen LogP contribution in [0.25, 0.3) is 0 Å². The second-order valence-corrected chi connectivity index (χ2v) is 4.56. The molecule has 5 heteroatoms. The fraction of sp³-hybridized carbons (Fsp3) is 0.462. The predicted molar refractivity (Wildman–Crippen MR) is 62.4 cm³/mol. The van der Waals surface area contributed by atoms with Gasteiger partial charge in [-0.25, -0.2) is 8.78 Å². The van der Waals surface area contributed by atoms with Crippen molar-refractivity contribution in [2.45, 2.75) is 38.1 Å². The molecule has 1 aliphatic carbocycles. The zero-order valence-corrected chi connectivity index (χ0v) is 9.88. The lowest BCUT2D eigenvalue weighted by Crippen LogP contribution is -2.37. The summed E-state index contributed by atoms with van der Waals surface area (Å²) in [5, 5.41) is 11.8. The van der Waals surface area contributed by atoms with Crippen LogP contribution in [0.15, 0.2) is 12.1 Å². The maximum Gasteiger partial charge on any atom is 0.257 e. The SMILES string of the molecule is O=C(NC1CCCCC1)c1c(F)ccc(O)c1F. The lowest BCUT2D eigenvalue weighted by Gasteiger charge is -2.22. The van der Waals surface area contributed by atoms with Crippen LogP contribution in [0.1, 0.15) is 42.5 Å². The van der Waals surface area contributed by atoms with E-state index in [1.165, 1.54) is 0 Å². The van der Waals surface area contributed by atoms with Crippen molar-refractivity contribution in [3.8, 4) is 5.75 Å². The molecule has 0 radical (unpaired) electrons. The van der Waals surface area contributed by atoms with Crippen molar-refractivity contribution < 1.29 is 18.7 Å². The molecule has 0 unspecified atom stereocenters. The first-order chi connectivity index (χ1) is 8.59. The molecule has 3 nitrogen and oxygen atoms in total. The van der Waals surface area contributed by atoms with E-state index in [-0.39, 0.29) is 6.04 Å². The van der Waals surface area contributed by atoms with Crippen LogP contribution in [-0.4, -0.2) is 17.1 Å². The standard InChI is InChI=1S/C13H15F2NO2/c14-9-6-7-10(17)12(15)11(9)13(18)16-8-4-2-1-3-5-8/h6-8,17H,1-5H2,(H,16,18). The van der Waals surface area contributed by atoms with E-state index in [1.807, 2.05) is 0 Å². The summed E-state index contributed by atoms with van der Waals surface area (Å²) in [4.78, 5) is 11.8. The number of phenols is 1. The van der Waals surface area contributed by atoms with E-state index in [9.17, 15) is 13.6 Å². The minimum atomic E-state index is -1.21. The van der Waals surface area contributed by atoms with Gasteiger partial charge in [-0.05, 0) is 25.0 Å². The first-order valence-corrected chi connectivity index (χ1v) is 6.07. The Labute approximate surface area is 104 Å². The number of rotatable bonds is 2. The second-order valence-electron chi connectivity index (χ2n) is 4.56. The van der Waals surface area contributed by atoms with E-state index in [0.717, 1.165) is 44.2 Å². The summed E-state index contributed by atoms with van der Waals surface area (Å²) in [6.07, 6.45) is 4.80. The average molecular weight is 255 g/mol. The zero-order valence-electron chi connectivity index (χ0n) is 9.88. The molecule has 1 amide bonds. The Morgan fingerprint density at radius 1 is 1.22 bits per heavy atom. The summed E-state index contributed by atoms with van der Waals surface area (Å²) < 4.78 is 26.9. The average Bonchev–Trinajstić information content (AvgIpc) is 2.36. The minimum Gasteiger partial charge on any atom is -0.505 e. The Bertz CT molecular complexity index is 457. The third kappa shape index (κ3) is 2.60. The predicted octanol–water partition coefficient (Wildman–Crippen LogP) is 2.73. The third-order valence-electron chi connectivity index (χ3n) is 3.24. The Morgan fingerprint density at radius 3 is 2.56 bits per heavy atom. The molecular formula is C13H15F2NO2. The molecule has 0 spiro atoms. The van der Waals surface area contributed by atoms with Gasteiger partial charge in [0.1, 0.15) is 11.4 Å². The van der Waals surface area contributed by atoms with Gasteiger partial charge < -0.3 is 10.4 Å². The maximum absolute atomic E-state index is 13.5. The van der Waals surface area contributed by atoms with Crippen LogP contribution in [0.2, 0.25) is 0 Å². The molecule has 0 bridgehead atoms. The van der Waals surface area contributed by atoms with Crippen molar-refractivity contribution in [2.24, 2.45) is 0 Å². The molecule has 2 N–H and O–H groups in total. The summed E-state index contributed by atoms with van der Waals surface area (Å²) in [7, 11) is 0. The summed E-state index contributed by atoms with van der Waals surface area (Å²) >= 11 is 0. The third-order valence-corrected chi connectivity index (χ3v) is 3.24. The highest BCUT2D eigenvalue weighted by Gasteiger charge is 2.23. The van der Waals surface area contributed by atoms with Crippen molar-refractivity contribution in [1.29, 1.82) is 0 Å². The molecule has 1 saturated carbocycles. The fourth-order valence-electron chi connectivity index (χ4n) is 2.25. The minimum absolute atomic E-state index is 0.0348. The summed E-state index contributed by atoms with van der Waals surface area (Å²) in [6.45, 7) is 0. The molecule has 18 heavy (non-hydrogen) atoms. The molecule has 0 aromatic heterocycles. The van der Waals surface area contributed by atoms with E-state index in [0.29, 0.717) is 0 Å². The van der Waals surface area contributed by atoms with Crippen LogP contribution < -0.4 is 5.32 Å². The molecule has 0 saturated heterocycles. The number of halogens is 2. The smallest absolute Gasteiger partial charge is 0.257 e. The van der Waals surface area contributed by atoms with Gasteiger partial charge in [0.25, 0.3) is 5.91 Å². The Hall–Kier alpha value is -1.65. The topological polar surface area (TPSA) is 49.3 Å². The van der Waals surface area contributed by atoms with Crippen molar-refractivity contribution >= 4 is 5.91 Å². The summed E-state index contributed by atoms with van der Waals surface area (Å²) in [5.74, 6) is -3.68. The van der Waals surface area contributed by atoms with Gasteiger partial charge in [0.15, 0.2) is 11.6 Å². The van der Waals surface area contributed by atoms with Crippen molar-refractivity contribution in [1.82, 2.24) is 5.32 Å². The van der Waals surface area contributed by atoms with Crippen molar-refractivity contribution in [3.05, 3.63) is 29.3 Å². The van der Waals surface area contributed by atoms with E-state index in [1.54, 1.807) is 0 Å². The zero-order chi connectivity index (χ0) is 13.1. The number of hydrogen-bond acceptors (Lipinski definition) is 2. The lowest BCUT2D eigenvalue weighted by molar-refractivity contribution is 0.0918. The molecule has 2 rings (SSSR count). The van der Waals surface area contributed by atoms with Crippen molar-refractivity contribution in [3.63, 3.8) is 0 Å². The highest BCUT2D eigenvalue weighted by Crippen LogP contribution is 2.23. The van der Waals surface area contributed by atoms with Crippen LogP contribution in [0.4, 0.5) is 8.78 Å². The molecule has 98 valence electrons. The number of amides is 1. The highest BCUT2D eigenvalue weighted by molar-refractivity contribution is 5.95. The largest absolute Gasteiger partial charge is 0.505 e. The van der Waals surface area contributed by atoms with E-state index in [4.69, 9.17) is 5.11 Å². The quantitative estimate of drug-likeness (QED) is 0.853. The van der Waals surface area contributed by atoms with Gasteiger partial charge in [0.2, 0.25) is 0 Å². The molecular weight excluding hydrogens is 240 g/mol. The van der Waals surface area contributed by atoms with Crippen LogP contribution in [0.3, 0.4) is 0 Å². The summed E-state index contributed by atoms with van der Waals surface area (Å²) in [5.41, 5.74) is -0.708. The Balaban J connectivity index is 2.15. The Morgan fingerprint density at radius 2 is 1.89 bits per heavy atom. The van der Waals surface area contributed by atoms with Crippen molar-refractivity contribution in [2.75, 3.05) is 0 Å². The van der Waals surface area contributed by atoms with E-state index in [2.05, 4.69) is 5.32 Å². The number of hydrogen-bond donors (Lipinski definition) is 2. The summed E-state index contributed by atoms with van der Waals surface area (Å²) in [6, 6.07) is 1.74.